The van der Waals surface area contributed by atoms with Crippen LogP contribution in [0.5, 0.6) is 0 Å². The van der Waals surface area contributed by atoms with Gasteiger partial charge in [-0.1, -0.05) is 115 Å². The molecule has 0 spiro atoms. The molecule has 4 nitrogen and oxygen atoms in total. The minimum Gasteiger partial charge on any atom is -0.309 e. The van der Waals surface area contributed by atoms with Crippen LogP contribution in [0.1, 0.15) is 0 Å². The SMILES string of the molecule is c1ccc(-n2c3cc(-c4nc(-n5c6ccccc6c6cc7ccccc7cc65)c5ccccc5n4)ccc3c3c4ccccc4ccc32)cc1. The molecule has 4 heteroatoms. The maximum Gasteiger partial charge on any atom is 0.162 e. The average molecular weight is 637 g/mol. The number of fused-ring (bicyclic) bond motifs is 10. The van der Waals surface area contributed by atoms with E-state index in [1.807, 2.05) is 0 Å². The van der Waals surface area contributed by atoms with E-state index < -0.39 is 0 Å². The summed E-state index contributed by atoms with van der Waals surface area (Å²) in [6, 6.07) is 60.7. The third-order valence-electron chi connectivity index (χ3n) is 10.3. The number of aromatic nitrogens is 4. The Kier molecular flexibility index (Phi) is 5.63. The van der Waals surface area contributed by atoms with Gasteiger partial charge in [-0.15, -0.1) is 0 Å². The second-order valence-electron chi connectivity index (χ2n) is 13.0. The lowest BCUT2D eigenvalue weighted by Crippen LogP contribution is -2.03. The Morgan fingerprint density at radius 1 is 0.360 bits per heavy atom. The van der Waals surface area contributed by atoms with Gasteiger partial charge in [-0.25, -0.2) is 9.97 Å². The molecule has 0 bridgehead atoms. The van der Waals surface area contributed by atoms with Gasteiger partial charge in [-0.2, -0.15) is 0 Å². The predicted octanol–water partition coefficient (Wildman–Crippen LogP) is 11.8. The molecule has 0 unspecified atom stereocenters. The first-order chi connectivity index (χ1) is 24.8. The van der Waals surface area contributed by atoms with Gasteiger partial charge in [0.25, 0.3) is 0 Å². The summed E-state index contributed by atoms with van der Waals surface area (Å²) in [5, 5.41) is 10.8. The highest BCUT2D eigenvalue weighted by Gasteiger charge is 2.20. The highest BCUT2D eigenvalue weighted by molar-refractivity contribution is 6.22. The Morgan fingerprint density at radius 3 is 1.90 bits per heavy atom. The smallest absolute Gasteiger partial charge is 0.162 e. The van der Waals surface area contributed by atoms with Crippen LogP contribution in [-0.2, 0) is 0 Å². The van der Waals surface area contributed by atoms with Crippen LogP contribution in [0.2, 0.25) is 0 Å². The van der Waals surface area contributed by atoms with E-state index in [9.17, 15) is 0 Å². The van der Waals surface area contributed by atoms with Crippen LogP contribution in [0.4, 0.5) is 0 Å². The minimum absolute atomic E-state index is 0.696. The molecule has 11 aromatic rings. The molecule has 3 heterocycles. The highest BCUT2D eigenvalue weighted by Crippen LogP contribution is 2.40. The summed E-state index contributed by atoms with van der Waals surface area (Å²) in [4.78, 5) is 10.7. The Hall–Kier alpha value is -6.78. The summed E-state index contributed by atoms with van der Waals surface area (Å²) in [5.41, 5.74) is 7.57. The molecule has 0 radical (unpaired) electrons. The summed E-state index contributed by atoms with van der Waals surface area (Å²) < 4.78 is 4.71. The van der Waals surface area contributed by atoms with Gasteiger partial charge in [0.2, 0.25) is 0 Å². The number of nitrogens with zero attached hydrogens (tertiary/aromatic N) is 4. The summed E-state index contributed by atoms with van der Waals surface area (Å²) in [6.45, 7) is 0. The quantitative estimate of drug-likeness (QED) is 0.193. The van der Waals surface area contributed by atoms with Gasteiger partial charge in [-0.05, 0) is 76.1 Å². The summed E-state index contributed by atoms with van der Waals surface area (Å²) >= 11 is 0. The van der Waals surface area contributed by atoms with Crippen LogP contribution >= 0.6 is 0 Å². The molecule has 11 rings (SSSR count). The predicted molar refractivity (Wildman–Crippen MR) is 209 cm³/mol. The fourth-order valence-electron chi connectivity index (χ4n) is 8.02. The highest BCUT2D eigenvalue weighted by atomic mass is 15.1. The Labute approximate surface area is 287 Å². The molecule has 8 aromatic carbocycles. The fraction of sp³-hybridized carbons (Fsp3) is 0. The first kappa shape index (κ1) is 27.2. The Balaban J connectivity index is 1.22. The zero-order chi connectivity index (χ0) is 32.8. The van der Waals surface area contributed by atoms with Gasteiger partial charge in [0, 0.05) is 38.2 Å². The van der Waals surface area contributed by atoms with Crippen LogP contribution in [0.25, 0.3) is 99.0 Å². The van der Waals surface area contributed by atoms with Gasteiger partial charge in [0.15, 0.2) is 5.82 Å². The standard InChI is InChI=1S/C46H28N4/c1-2-15-33(16-3-1)49-41-25-23-29-12-6-7-17-34(29)44(41)37-24-22-32(28-42(37)49)45-47-39-20-10-8-19-36(39)46(48-45)50-40-21-11-9-18-35(40)38-26-30-13-4-5-14-31(30)27-43(38)50/h1-28H. The van der Waals surface area contributed by atoms with Crippen molar-refractivity contribution >= 4 is 76.1 Å². The molecule has 232 valence electrons. The van der Waals surface area contributed by atoms with Gasteiger partial charge >= 0.3 is 0 Å². The molecule has 0 saturated carbocycles. The Morgan fingerprint density at radius 2 is 1.04 bits per heavy atom. The second-order valence-corrected chi connectivity index (χ2v) is 13.0. The van der Waals surface area contributed by atoms with E-state index in [0.29, 0.717) is 5.82 Å². The van der Waals surface area contributed by atoms with Crippen molar-refractivity contribution in [1.82, 2.24) is 19.1 Å². The van der Waals surface area contributed by atoms with Crippen molar-refractivity contribution < 1.29 is 0 Å². The van der Waals surface area contributed by atoms with Crippen LogP contribution in [-0.4, -0.2) is 19.1 Å². The number of hydrogen-bond donors (Lipinski definition) is 0. The lowest BCUT2D eigenvalue weighted by molar-refractivity contribution is 1.08. The van der Waals surface area contributed by atoms with Crippen molar-refractivity contribution in [3.63, 3.8) is 0 Å². The normalized spacial score (nSPS) is 12.0. The van der Waals surface area contributed by atoms with E-state index >= 15 is 0 Å². The largest absolute Gasteiger partial charge is 0.309 e. The molecule has 0 atom stereocenters. The van der Waals surface area contributed by atoms with E-state index in [2.05, 4.69) is 179 Å². The zero-order valence-electron chi connectivity index (χ0n) is 27.0. The molecule has 50 heavy (non-hydrogen) atoms. The molecular formula is C46H28N4. The van der Waals surface area contributed by atoms with E-state index in [-0.39, 0.29) is 0 Å². The van der Waals surface area contributed by atoms with Crippen LogP contribution in [0.3, 0.4) is 0 Å². The first-order valence-electron chi connectivity index (χ1n) is 17.0. The minimum atomic E-state index is 0.696. The zero-order valence-corrected chi connectivity index (χ0v) is 27.0. The lowest BCUT2D eigenvalue weighted by atomic mass is 10.0. The van der Waals surface area contributed by atoms with Gasteiger partial charge < -0.3 is 4.57 Å². The number of rotatable bonds is 3. The fourth-order valence-corrected chi connectivity index (χ4v) is 8.02. The molecule has 3 aromatic heterocycles. The lowest BCUT2D eigenvalue weighted by Gasteiger charge is -2.13. The molecule has 0 aliphatic carbocycles. The molecule has 0 saturated heterocycles. The molecule has 0 aliphatic heterocycles. The van der Waals surface area contributed by atoms with Gasteiger partial charge in [0.05, 0.1) is 27.6 Å². The van der Waals surface area contributed by atoms with Crippen molar-refractivity contribution in [3.8, 4) is 22.9 Å². The van der Waals surface area contributed by atoms with E-state index in [4.69, 9.17) is 9.97 Å². The monoisotopic (exact) mass is 636 g/mol. The van der Waals surface area contributed by atoms with Crippen LogP contribution in [0, 0.1) is 0 Å². The third-order valence-corrected chi connectivity index (χ3v) is 10.3. The summed E-state index contributed by atoms with van der Waals surface area (Å²) in [7, 11) is 0. The van der Waals surface area contributed by atoms with Crippen molar-refractivity contribution in [3.05, 3.63) is 170 Å². The number of benzene rings is 8. The molecule has 0 amide bonds. The molecule has 0 fully saturated rings. The third kappa shape index (κ3) is 3.87. The van der Waals surface area contributed by atoms with E-state index in [1.165, 1.54) is 48.6 Å². The van der Waals surface area contributed by atoms with Crippen molar-refractivity contribution in [1.29, 1.82) is 0 Å². The average Bonchev–Trinajstić information content (AvgIpc) is 3.69. The molecular weight excluding hydrogens is 609 g/mol. The summed E-state index contributed by atoms with van der Waals surface area (Å²) in [6.07, 6.45) is 0. The maximum atomic E-state index is 5.45. The molecule has 0 N–H and O–H groups in total. The van der Waals surface area contributed by atoms with Crippen LogP contribution in [0.15, 0.2) is 170 Å². The number of hydrogen-bond acceptors (Lipinski definition) is 2. The van der Waals surface area contributed by atoms with Gasteiger partial charge in [-0.3, -0.25) is 4.57 Å². The van der Waals surface area contributed by atoms with E-state index in [0.717, 1.165) is 44.5 Å². The topological polar surface area (TPSA) is 35.6 Å². The molecule has 0 aliphatic rings. The van der Waals surface area contributed by atoms with Crippen molar-refractivity contribution in [2.24, 2.45) is 0 Å². The van der Waals surface area contributed by atoms with Crippen molar-refractivity contribution in [2.45, 2.75) is 0 Å². The second kappa shape index (κ2) is 10.4. The van der Waals surface area contributed by atoms with Crippen molar-refractivity contribution in [2.75, 3.05) is 0 Å². The first-order valence-corrected chi connectivity index (χ1v) is 17.0. The van der Waals surface area contributed by atoms with Gasteiger partial charge in [0.1, 0.15) is 5.82 Å². The number of para-hydroxylation sites is 3. The van der Waals surface area contributed by atoms with E-state index in [1.54, 1.807) is 0 Å². The Bertz CT molecular complexity index is 3150. The van der Waals surface area contributed by atoms with Crippen LogP contribution < -0.4 is 0 Å². The maximum absolute atomic E-state index is 5.45. The summed E-state index contributed by atoms with van der Waals surface area (Å²) in [5.74, 6) is 1.57.